The average Bonchev–Trinajstić information content (AvgIpc) is 4.24. The fourth-order valence-electron chi connectivity index (χ4n) is 8.81. The average molecular weight is 1010 g/mol. The molecule has 6 aromatic rings. The minimum absolute atomic E-state index is 0.467. The lowest BCUT2D eigenvalue weighted by Crippen LogP contribution is -2.03. The summed E-state index contributed by atoms with van der Waals surface area (Å²) in [5.41, 5.74) is 13.4. The molecule has 386 valence electrons. The number of rotatable bonds is 16. The van der Waals surface area contributed by atoms with Crippen molar-refractivity contribution in [2.75, 3.05) is 26.4 Å². The number of ether oxygens (including phenoxy) is 4. The Morgan fingerprint density at radius 2 is 0.579 bits per heavy atom. The molecule has 16 bridgehead atoms. The van der Waals surface area contributed by atoms with Crippen molar-refractivity contribution in [3.8, 4) is 46.7 Å². The topological polar surface area (TPSA) is 152 Å². The highest BCUT2D eigenvalue weighted by Crippen LogP contribution is 2.34. The summed E-state index contributed by atoms with van der Waals surface area (Å²) in [4.78, 5) is 35.1. The molecular formula is C64H66N8O4. The summed E-state index contributed by atoms with van der Waals surface area (Å²) in [6.07, 6.45) is 19.3. The van der Waals surface area contributed by atoms with Crippen LogP contribution >= 0.6 is 0 Å². The Morgan fingerprint density at radius 3 is 0.816 bits per heavy atom. The first-order valence-corrected chi connectivity index (χ1v) is 26.7. The molecule has 0 saturated heterocycles. The molecule has 0 spiro atoms. The van der Waals surface area contributed by atoms with Crippen molar-refractivity contribution in [3.63, 3.8) is 0 Å². The minimum Gasteiger partial charge on any atom is -0.489 e. The molecule has 10 heterocycles. The van der Waals surface area contributed by atoms with E-state index < -0.39 is 0 Å². The number of hydrogen-bond donors (Lipinski definition) is 4. The van der Waals surface area contributed by atoms with Crippen LogP contribution in [0.2, 0.25) is 0 Å². The van der Waals surface area contributed by atoms with Crippen molar-refractivity contribution < 1.29 is 18.9 Å². The van der Waals surface area contributed by atoms with E-state index in [0.717, 1.165) is 69.8 Å². The highest BCUT2D eigenvalue weighted by molar-refractivity contribution is 5.88. The van der Waals surface area contributed by atoms with Gasteiger partial charge in [-0.15, -0.1) is 0 Å². The van der Waals surface area contributed by atoms with Gasteiger partial charge in [0.2, 0.25) is 0 Å². The van der Waals surface area contributed by atoms with Crippen molar-refractivity contribution in [2.45, 2.75) is 81.1 Å². The number of H-pyrrole nitrogens is 4. The summed E-state index contributed by atoms with van der Waals surface area (Å²) < 4.78 is 26.2. The minimum atomic E-state index is 0.467. The first kappa shape index (κ1) is 51.0. The molecule has 0 unspecified atom stereocenters. The smallest absolute Gasteiger partial charge is 0.168 e. The zero-order chi connectivity index (χ0) is 52.7. The molecule has 6 aromatic heterocycles. The highest BCUT2D eigenvalue weighted by Gasteiger charge is 2.19. The van der Waals surface area contributed by atoms with Crippen molar-refractivity contribution in [1.82, 2.24) is 39.9 Å². The number of fused-ring (bicyclic) bond motifs is 16. The van der Waals surface area contributed by atoms with E-state index in [4.69, 9.17) is 38.9 Å². The van der Waals surface area contributed by atoms with Gasteiger partial charge in [0.15, 0.2) is 23.0 Å². The summed E-state index contributed by atoms with van der Waals surface area (Å²) in [5, 5.41) is 0. The molecule has 12 heteroatoms. The molecule has 0 amide bonds. The van der Waals surface area contributed by atoms with E-state index in [1.165, 1.54) is 0 Å². The van der Waals surface area contributed by atoms with Crippen LogP contribution in [0.3, 0.4) is 0 Å². The van der Waals surface area contributed by atoms with Gasteiger partial charge in [-0.1, -0.05) is 55.4 Å². The Balaban J connectivity index is 1.18. The van der Waals surface area contributed by atoms with E-state index in [2.05, 4.69) is 111 Å². The SMILES string of the molecule is CC(C)CCOc1c2nc(c(C#CC#Cc3c4nc(c(OCCC(C)C)c5ccc(cc6ccc([nH]6)c(OCCC(C)C)c6nc3C=C6)[nH]5)C=C4)c3nc(c(OCCC(C)C)c4ccc(cc5ccc1[nH]5)[nH]4)C=C3)C=C2. The maximum atomic E-state index is 6.56. The summed E-state index contributed by atoms with van der Waals surface area (Å²) in [6, 6.07) is 20.5. The van der Waals surface area contributed by atoms with Gasteiger partial charge in [0, 0.05) is 22.1 Å². The molecule has 4 aliphatic heterocycles. The lowest BCUT2D eigenvalue weighted by molar-refractivity contribution is 0.290. The Kier molecular flexibility index (Phi) is 15.4. The maximum absolute atomic E-state index is 6.56. The lowest BCUT2D eigenvalue weighted by Gasteiger charge is -2.09. The van der Waals surface area contributed by atoms with Crippen LogP contribution in [-0.2, 0) is 0 Å². The molecule has 4 aliphatic rings. The molecule has 0 saturated carbocycles. The molecule has 0 radical (unpaired) electrons. The van der Waals surface area contributed by atoms with Gasteiger partial charge in [-0.05, 0) is 182 Å². The Bertz CT molecular complexity index is 3310. The Labute approximate surface area is 444 Å². The van der Waals surface area contributed by atoms with Crippen LogP contribution < -0.4 is 18.9 Å². The first-order valence-electron chi connectivity index (χ1n) is 26.7. The Morgan fingerprint density at radius 1 is 0.342 bits per heavy atom. The van der Waals surface area contributed by atoms with E-state index in [9.17, 15) is 0 Å². The van der Waals surface area contributed by atoms with Gasteiger partial charge in [-0.25, -0.2) is 19.9 Å². The fraction of sp³-hybridized carbons (Fsp3) is 0.312. The third kappa shape index (κ3) is 12.0. The van der Waals surface area contributed by atoms with Crippen LogP contribution in [0, 0.1) is 47.4 Å². The van der Waals surface area contributed by atoms with Crippen molar-refractivity contribution >= 4 is 92.7 Å². The van der Waals surface area contributed by atoms with Crippen LogP contribution in [0.4, 0.5) is 0 Å². The number of hydrogen-bond acceptors (Lipinski definition) is 8. The van der Waals surface area contributed by atoms with E-state index >= 15 is 0 Å². The van der Waals surface area contributed by atoms with Crippen LogP contribution in [0.15, 0.2) is 60.7 Å². The first-order chi connectivity index (χ1) is 36.9. The summed E-state index contributed by atoms with van der Waals surface area (Å²) in [6.45, 7) is 19.7. The number of aromatic amines is 4. The predicted molar refractivity (Wildman–Crippen MR) is 311 cm³/mol. The highest BCUT2D eigenvalue weighted by atomic mass is 16.5. The van der Waals surface area contributed by atoms with Gasteiger partial charge in [-0.2, -0.15) is 0 Å². The number of nitrogens with zero attached hydrogens (tertiary/aromatic N) is 4. The standard InChI is InChI=1S/C64H66N8O4/c1-39(2)29-33-73-61-53-17-13-43(65-53)37-44-14-18-54(66-44)62(74-34-30-40(3)4)58-26-22-50(70-58)47(49-21-25-57(61)69-49)11-9-10-12-48-51-23-27-59(71-51)63(75-35-31-41(5)6)55-19-15-45(67-55)38-46-16-20-56(68-46)64(76-36-32-42(7)8)60-28-24-52(48)72-60/h13-28,37-42,65-68H,29-36H2,1-8H3. The molecule has 0 aliphatic carbocycles. The quantitative estimate of drug-likeness (QED) is 0.0699. The fourth-order valence-corrected chi connectivity index (χ4v) is 8.81. The monoisotopic (exact) mass is 1010 g/mol. The molecule has 76 heavy (non-hydrogen) atoms. The summed E-state index contributed by atoms with van der Waals surface area (Å²) in [5.74, 6) is 17.8. The molecule has 4 N–H and O–H groups in total. The zero-order valence-electron chi connectivity index (χ0n) is 44.8. The second-order valence-electron chi connectivity index (χ2n) is 21.2. The van der Waals surface area contributed by atoms with Crippen LogP contribution in [0.5, 0.6) is 23.0 Å². The molecule has 0 fully saturated rings. The molecule has 12 nitrogen and oxygen atoms in total. The molecular weight excluding hydrogens is 945 g/mol. The van der Waals surface area contributed by atoms with Crippen LogP contribution in [-0.4, -0.2) is 66.3 Å². The van der Waals surface area contributed by atoms with E-state index in [-0.39, 0.29) is 0 Å². The van der Waals surface area contributed by atoms with Gasteiger partial charge in [0.25, 0.3) is 0 Å². The third-order valence-electron chi connectivity index (χ3n) is 13.2. The van der Waals surface area contributed by atoms with E-state index in [1.807, 2.05) is 97.1 Å². The number of aromatic nitrogens is 8. The molecule has 0 aromatic carbocycles. The summed E-state index contributed by atoms with van der Waals surface area (Å²) in [7, 11) is 0. The second kappa shape index (κ2) is 23.0. The summed E-state index contributed by atoms with van der Waals surface area (Å²) >= 11 is 0. The van der Waals surface area contributed by atoms with Gasteiger partial charge >= 0.3 is 0 Å². The van der Waals surface area contributed by atoms with Gasteiger partial charge in [-0.3, -0.25) is 0 Å². The third-order valence-corrected chi connectivity index (χ3v) is 13.2. The Hall–Kier alpha value is -8.48. The zero-order valence-corrected chi connectivity index (χ0v) is 44.8. The van der Waals surface area contributed by atoms with Crippen molar-refractivity contribution in [3.05, 3.63) is 117 Å². The second-order valence-corrected chi connectivity index (χ2v) is 21.2. The van der Waals surface area contributed by atoms with E-state index in [1.54, 1.807) is 0 Å². The normalized spacial score (nSPS) is 12.4. The van der Waals surface area contributed by atoms with Gasteiger partial charge < -0.3 is 38.9 Å². The van der Waals surface area contributed by atoms with Crippen molar-refractivity contribution in [2.24, 2.45) is 23.7 Å². The molecule has 10 rings (SSSR count). The van der Waals surface area contributed by atoms with Gasteiger partial charge in [0.05, 0.1) is 82.4 Å². The van der Waals surface area contributed by atoms with Crippen molar-refractivity contribution in [1.29, 1.82) is 0 Å². The van der Waals surface area contributed by atoms with Crippen LogP contribution in [0.25, 0.3) is 92.7 Å². The predicted octanol–water partition coefficient (Wildman–Crippen LogP) is 14.7. The maximum Gasteiger partial charge on any atom is 0.168 e. The largest absolute Gasteiger partial charge is 0.489 e. The lowest BCUT2D eigenvalue weighted by atomic mass is 10.1. The van der Waals surface area contributed by atoms with Crippen LogP contribution in [0.1, 0.15) is 138 Å². The number of nitrogens with one attached hydrogen (secondary N) is 4. The van der Waals surface area contributed by atoms with E-state index in [0.29, 0.717) is 130 Å². The molecule has 0 atom stereocenters. The van der Waals surface area contributed by atoms with Gasteiger partial charge in [0.1, 0.15) is 22.8 Å².